The van der Waals surface area contributed by atoms with E-state index in [1.165, 1.54) is 6.42 Å². The average Bonchev–Trinajstić information content (AvgIpc) is 2.17. The fourth-order valence-electron chi connectivity index (χ4n) is 3.25. The van der Waals surface area contributed by atoms with Gasteiger partial charge in [-0.2, -0.15) is 5.26 Å². The third-order valence-electron chi connectivity index (χ3n) is 4.18. The lowest BCUT2D eigenvalue weighted by atomic mass is 9.58. The SMILES string of the molecule is CC1=CC2C(C#N)CC1CC2C(C)C. The van der Waals surface area contributed by atoms with Crippen molar-refractivity contribution in [2.75, 3.05) is 0 Å². The third kappa shape index (κ3) is 1.38. The largest absolute Gasteiger partial charge is 0.198 e. The summed E-state index contributed by atoms with van der Waals surface area (Å²) < 4.78 is 0. The van der Waals surface area contributed by atoms with Crippen LogP contribution in [-0.2, 0) is 0 Å². The Hall–Kier alpha value is -0.770. The maximum absolute atomic E-state index is 9.12. The van der Waals surface area contributed by atoms with Gasteiger partial charge in [0.25, 0.3) is 0 Å². The number of nitriles is 1. The smallest absolute Gasteiger partial charge is 0.0662 e. The molecule has 0 saturated heterocycles. The number of rotatable bonds is 1. The van der Waals surface area contributed by atoms with Crippen molar-refractivity contribution >= 4 is 0 Å². The molecule has 0 amide bonds. The molecular weight excluding hydrogens is 170 g/mol. The Kier molecular flexibility index (Phi) is 2.39. The first-order valence-electron chi connectivity index (χ1n) is 5.71. The van der Waals surface area contributed by atoms with Gasteiger partial charge in [0.15, 0.2) is 0 Å². The zero-order valence-electron chi connectivity index (χ0n) is 9.33. The van der Waals surface area contributed by atoms with Crippen molar-refractivity contribution in [3.05, 3.63) is 11.6 Å². The van der Waals surface area contributed by atoms with E-state index in [4.69, 9.17) is 5.26 Å². The molecule has 0 spiro atoms. The maximum atomic E-state index is 9.12. The maximum Gasteiger partial charge on any atom is 0.0662 e. The molecule has 3 aliphatic rings. The molecule has 0 aromatic heterocycles. The molecule has 1 fully saturated rings. The zero-order valence-corrected chi connectivity index (χ0v) is 9.33. The molecule has 1 nitrogen and oxygen atoms in total. The standard InChI is InChI=1S/C13H19N/c1-8(2)12-6-10-5-11(7-14)13(12)4-9(10)3/h4,8,10-13H,5-6H2,1-3H3. The van der Waals surface area contributed by atoms with Crippen LogP contribution < -0.4 is 0 Å². The molecule has 2 bridgehead atoms. The van der Waals surface area contributed by atoms with Crippen molar-refractivity contribution < 1.29 is 0 Å². The molecule has 4 unspecified atom stereocenters. The van der Waals surface area contributed by atoms with E-state index in [0.29, 0.717) is 17.8 Å². The minimum Gasteiger partial charge on any atom is -0.198 e. The highest BCUT2D eigenvalue weighted by Crippen LogP contribution is 2.49. The van der Waals surface area contributed by atoms with Gasteiger partial charge in [-0.3, -0.25) is 0 Å². The van der Waals surface area contributed by atoms with E-state index in [1.807, 2.05) is 0 Å². The molecule has 0 heterocycles. The van der Waals surface area contributed by atoms with E-state index in [1.54, 1.807) is 5.57 Å². The highest BCUT2D eigenvalue weighted by atomic mass is 14.5. The predicted molar refractivity (Wildman–Crippen MR) is 57.4 cm³/mol. The molecule has 4 atom stereocenters. The summed E-state index contributed by atoms with van der Waals surface area (Å²) in [6.07, 6.45) is 4.83. The summed E-state index contributed by atoms with van der Waals surface area (Å²) in [5.74, 6) is 3.02. The fourth-order valence-corrected chi connectivity index (χ4v) is 3.25. The van der Waals surface area contributed by atoms with E-state index in [2.05, 4.69) is 32.9 Å². The molecule has 0 aliphatic heterocycles. The van der Waals surface area contributed by atoms with Crippen molar-refractivity contribution in [2.24, 2.45) is 29.6 Å². The van der Waals surface area contributed by atoms with Crippen LogP contribution in [0.15, 0.2) is 11.6 Å². The molecule has 76 valence electrons. The average molecular weight is 189 g/mol. The Morgan fingerprint density at radius 3 is 2.64 bits per heavy atom. The summed E-state index contributed by atoms with van der Waals surface area (Å²) in [4.78, 5) is 0. The monoisotopic (exact) mass is 189 g/mol. The second kappa shape index (κ2) is 3.42. The van der Waals surface area contributed by atoms with Crippen LogP contribution in [0.5, 0.6) is 0 Å². The number of fused-ring (bicyclic) bond motifs is 2. The normalized spacial score (nSPS) is 40.9. The van der Waals surface area contributed by atoms with Gasteiger partial charge in [-0.15, -0.1) is 0 Å². The second-order valence-electron chi connectivity index (χ2n) is 5.30. The van der Waals surface area contributed by atoms with Gasteiger partial charge in [0.2, 0.25) is 0 Å². The Bertz CT molecular complexity index is 295. The van der Waals surface area contributed by atoms with Crippen LogP contribution in [0.1, 0.15) is 33.6 Å². The summed E-state index contributed by atoms with van der Waals surface area (Å²) in [5, 5.41) is 9.12. The second-order valence-corrected chi connectivity index (χ2v) is 5.30. The molecule has 0 aromatic rings. The van der Waals surface area contributed by atoms with Gasteiger partial charge in [0, 0.05) is 0 Å². The molecule has 0 radical (unpaired) electrons. The molecule has 1 heteroatoms. The molecule has 3 aliphatic carbocycles. The van der Waals surface area contributed by atoms with Gasteiger partial charge in [0.1, 0.15) is 0 Å². The lowest BCUT2D eigenvalue weighted by molar-refractivity contribution is 0.126. The molecule has 0 aromatic carbocycles. The van der Waals surface area contributed by atoms with Crippen molar-refractivity contribution in [3.63, 3.8) is 0 Å². The predicted octanol–water partition coefficient (Wildman–Crippen LogP) is 3.38. The van der Waals surface area contributed by atoms with Gasteiger partial charge in [-0.1, -0.05) is 25.5 Å². The number of nitrogens with zero attached hydrogens (tertiary/aromatic N) is 1. The van der Waals surface area contributed by atoms with Crippen molar-refractivity contribution in [1.29, 1.82) is 5.26 Å². The van der Waals surface area contributed by atoms with E-state index in [9.17, 15) is 0 Å². The van der Waals surface area contributed by atoms with Crippen LogP contribution >= 0.6 is 0 Å². The van der Waals surface area contributed by atoms with E-state index in [0.717, 1.165) is 18.3 Å². The summed E-state index contributed by atoms with van der Waals surface area (Å²) in [6.45, 7) is 6.83. The van der Waals surface area contributed by atoms with Crippen LogP contribution in [0.2, 0.25) is 0 Å². The van der Waals surface area contributed by atoms with Gasteiger partial charge in [-0.25, -0.2) is 0 Å². The van der Waals surface area contributed by atoms with Gasteiger partial charge < -0.3 is 0 Å². The highest BCUT2D eigenvalue weighted by molar-refractivity contribution is 5.20. The topological polar surface area (TPSA) is 23.8 Å². The number of hydrogen-bond acceptors (Lipinski definition) is 1. The van der Waals surface area contributed by atoms with Crippen LogP contribution in [0.3, 0.4) is 0 Å². The first-order valence-corrected chi connectivity index (χ1v) is 5.71. The van der Waals surface area contributed by atoms with Crippen molar-refractivity contribution in [1.82, 2.24) is 0 Å². The van der Waals surface area contributed by atoms with E-state index >= 15 is 0 Å². The lowest BCUT2D eigenvalue weighted by Crippen LogP contribution is -2.38. The Balaban J connectivity index is 2.27. The van der Waals surface area contributed by atoms with Crippen molar-refractivity contribution in [3.8, 4) is 6.07 Å². The quantitative estimate of drug-likeness (QED) is 0.580. The molecule has 1 saturated carbocycles. The molecule has 0 N–H and O–H groups in total. The van der Waals surface area contributed by atoms with Gasteiger partial charge in [-0.05, 0) is 43.4 Å². The number of hydrogen-bond donors (Lipinski definition) is 0. The summed E-state index contributed by atoms with van der Waals surface area (Å²) in [5.41, 5.74) is 1.54. The highest BCUT2D eigenvalue weighted by Gasteiger charge is 2.42. The van der Waals surface area contributed by atoms with Crippen molar-refractivity contribution in [2.45, 2.75) is 33.6 Å². The Morgan fingerprint density at radius 1 is 1.43 bits per heavy atom. The summed E-state index contributed by atoms with van der Waals surface area (Å²) >= 11 is 0. The Labute approximate surface area is 86.8 Å². The van der Waals surface area contributed by atoms with Crippen LogP contribution in [0.25, 0.3) is 0 Å². The van der Waals surface area contributed by atoms with E-state index < -0.39 is 0 Å². The molecule has 3 rings (SSSR count). The zero-order chi connectivity index (χ0) is 10.3. The molecular formula is C13H19N. The fraction of sp³-hybridized carbons (Fsp3) is 0.769. The third-order valence-corrected chi connectivity index (χ3v) is 4.18. The summed E-state index contributed by atoms with van der Waals surface area (Å²) in [7, 11) is 0. The van der Waals surface area contributed by atoms with Crippen LogP contribution in [0.4, 0.5) is 0 Å². The van der Waals surface area contributed by atoms with Crippen LogP contribution in [0, 0.1) is 40.9 Å². The minimum atomic E-state index is 0.296. The van der Waals surface area contributed by atoms with E-state index in [-0.39, 0.29) is 0 Å². The lowest BCUT2D eigenvalue weighted by Gasteiger charge is -2.45. The Morgan fingerprint density at radius 2 is 2.14 bits per heavy atom. The minimum absolute atomic E-state index is 0.296. The van der Waals surface area contributed by atoms with Crippen LogP contribution in [-0.4, -0.2) is 0 Å². The first-order chi connectivity index (χ1) is 6.63. The summed E-state index contributed by atoms with van der Waals surface area (Å²) in [6, 6.07) is 2.50. The van der Waals surface area contributed by atoms with Gasteiger partial charge in [0.05, 0.1) is 12.0 Å². The van der Waals surface area contributed by atoms with Gasteiger partial charge >= 0.3 is 0 Å². The first kappa shape index (κ1) is 9.77. The molecule has 14 heavy (non-hydrogen) atoms. The number of allylic oxidation sites excluding steroid dienone is 2.